The highest BCUT2D eigenvalue weighted by atomic mass is 32.1. The molecule has 208 valence electrons. The number of carbonyl (C=O) groups is 3. The third-order valence-electron chi connectivity index (χ3n) is 6.66. The highest BCUT2D eigenvalue weighted by molar-refractivity contribution is 7.09. The number of aromatic nitrogens is 1. The zero-order valence-corrected chi connectivity index (χ0v) is 23.2. The first-order chi connectivity index (χ1) is 18.0. The standard InChI is InChI=1S/C28H38FN3O5S/c1-17(2)26-19(4)9-10-24(34)30-11-5-7-18(3)13-21(33)14-20(29)15-25-31-22(16-38-25)27(35)32-12-6-8-23(32)28(36)37-26/h5,7,9-10,13,16-17,19-21,23,26,33H,6,8,11-12,14-15H2,1-4H3,(H,30,34)/b7-5?,10-9+,18-13?. The predicted octanol–water partition coefficient (Wildman–Crippen LogP) is 3.77. The molecule has 0 radical (unpaired) electrons. The number of nitrogens with one attached hydrogen (secondary N) is 1. The summed E-state index contributed by atoms with van der Waals surface area (Å²) in [7, 11) is 0. The molecule has 2 aliphatic heterocycles. The molecular weight excluding hydrogens is 509 g/mol. The van der Waals surface area contributed by atoms with Crippen molar-refractivity contribution < 1.29 is 28.6 Å². The maximum Gasteiger partial charge on any atom is 0.329 e. The smallest absolute Gasteiger partial charge is 0.329 e. The summed E-state index contributed by atoms with van der Waals surface area (Å²) < 4.78 is 20.6. The number of rotatable bonds is 1. The van der Waals surface area contributed by atoms with Gasteiger partial charge in [0.2, 0.25) is 5.91 Å². The van der Waals surface area contributed by atoms with Gasteiger partial charge in [0.05, 0.1) is 11.1 Å². The Labute approximate surface area is 227 Å². The number of carbonyl (C=O) groups excluding carboxylic acids is 3. The zero-order chi connectivity index (χ0) is 27.8. The van der Waals surface area contributed by atoms with E-state index in [9.17, 15) is 23.9 Å². The molecule has 1 fully saturated rings. The molecule has 3 heterocycles. The summed E-state index contributed by atoms with van der Waals surface area (Å²) in [4.78, 5) is 44.5. The summed E-state index contributed by atoms with van der Waals surface area (Å²) in [6.45, 7) is 8.25. The van der Waals surface area contributed by atoms with Crippen LogP contribution in [-0.2, 0) is 20.7 Å². The van der Waals surface area contributed by atoms with Gasteiger partial charge in [0.1, 0.15) is 24.0 Å². The molecule has 2 bridgehead atoms. The predicted molar refractivity (Wildman–Crippen MR) is 144 cm³/mol. The van der Waals surface area contributed by atoms with E-state index in [1.165, 1.54) is 22.3 Å². The van der Waals surface area contributed by atoms with E-state index >= 15 is 0 Å². The minimum atomic E-state index is -1.34. The van der Waals surface area contributed by atoms with Gasteiger partial charge < -0.3 is 20.1 Å². The molecule has 0 spiro atoms. The topological polar surface area (TPSA) is 109 Å². The van der Waals surface area contributed by atoms with Crippen LogP contribution in [0.15, 0.2) is 41.3 Å². The number of thiazole rings is 1. The van der Waals surface area contributed by atoms with Gasteiger partial charge in [-0.15, -0.1) is 11.3 Å². The number of esters is 1. The fraction of sp³-hybridized carbons (Fsp3) is 0.571. The Balaban J connectivity index is 1.85. The van der Waals surface area contributed by atoms with Crippen LogP contribution in [0.5, 0.6) is 0 Å². The van der Waals surface area contributed by atoms with Crippen molar-refractivity contribution in [1.82, 2.24) is 15.2 Å². The Bertz CT molecular complexity index is 1080. The fourth-order valence-corrected chi connectivity index (χ4v) is 5.57. The number of ether oxygens (including phenoxy) is 1. The van der Waals surface area contributed by atoms with Gasteiger partial charge in [0.15, 0.2) is 0 Å². The van der Waals surface area contributed by atoms with Crippen molar-refractivity contribution in [3.8, 4) is 0 Å². The van der Waals surface area contributed by atoms with Gasteiger partial charge in [-0.1, -0.05) is 50.6 Å². The van der Waals surface area contributed by atoms with Crippen molar-refractivity contribution in [2.75, 3.05) is 13.1 Å². The molecule has 8 nitrogen and oxygen atoms in total. The van der Waals surface area contributed by atoms with Crippen molar-refractivity contribution in [3.05, 3.63) is 52.0 Å². The molecule has 2 N–H and O–H groups in total. The molecule has 38 heavy (non-hydrogen) atoms. The van der Waals surface area contributed by atoms with E-state index < -0.39 is 30.4 Å². The van der Waals surface area contributed by atoms with Crippen LogP contribution in [0, 0.1) is 11.8 Å². The Kier molecular flexibility index (Phi) is 10.8. The minimum absolute atomic E-state index is 0.00974. The van der Waals surface area contributed by atoms with Gasteiger partial charge >= 0.3 is 5.97 Å². The first-order valence-electron chi connectivity index (χ1n) is 13.1. The number of aliphatic hydroxyl groups is 1. The average Bonchev–Trinajstić information content (AvgIpc) is 3.52. The number of allylic oxidation sites excluding steroid dienone is 2. The quantitative estimate of drug-likeness (QED) is 0.518. The number of hydrogen-bond acceptors (Lipinski definition) is 7. The molecule has 5 unspecified atom stereocenters. The molecule has 1 aromatic rings. The highest BCUT2D eigenvalue weighted by Gasteiger charge is 2.38. The van der Waals surface area contributed by atoms with Gasteiger partial charge in [-0.2, -0.15) is 0 Å². The second kappa shape index (κ2) is 13.8. The first kappa shape index (κ1) is 29.7. The van der Waals surface area contributed by atoms with Crippen LogP contribution in [0.25, 0.3) is 0 Å². The molecule has 0 aliphatic carbocycles. The van der Waals surface area contributed by atoms with Crippen LogP contribution in [0.3, 0.4) is 0 Å². The van der Waals surface area contributed by atoms with Gasteiger partial charge in [-0.05, 0) is 31.8 Å². The van der Waals surface area contributed by atoms with E-state index in [1.54, 1.807) is 36.6 Å². The van der Waals surface area contributed by atoms with E-state index in [0.29, 0.717) is 24.4 Å². The second-order valence-electron chi connectivity index (χ2n) is 10.3. The maximum absolute atomic E-state index is 14.7. The number of hydrogen-bond donors (Lipinski definition) is 2. The first-order valence-corrected chi connectivity index (χ1v) is 14.0. The van der Waals surface area contributed by atoms with Crippen molar-refractivity contribution in [2.24, 2.45) is 11.8 Å². The lowest BCUT2D eigenvalue weighted by Gasteiger charge is -2.29. The largest absolute Gasteiger partial charge is 0.460 e. The fourth-order valence-electron chi connectivity index (χ4n) is 4.74. The monoisotopic (exact) mass is 547 g/mol. The number of nitrogens with zero attached hydrogens (tertiary/aromatic N) is 2. The van der Waals surface area contributed by atoms with Crippen molar-refractivity contribution in [2.45, 2.75) is 77.8 Å². The lowest BCUT2D eigenvalue weighted by molar-refractivity contribution is -0.158. The molecule has 1 saturated heterocycles. The average molecular weight is 548 g/mol. The lowest BCUT2D eigenvalue weighted by atomic mass is 9.94. The molecule has 2 aliphatic rings. The van der Waals surface area contributed by atoms with Crippen LogP contribution in [-0.4, -0.2) is 70.3 Å². The normalized spacial score (nSPS) is 29.4. The summed E-state index contributed by atoms with van der Waals surface area (Å²) in [5.41, 5.74) is 0.921. The number of cyclic esters (lactones) is 1. The summed E-state index contributed by atoms with van der Waals surface area (Å²) >= 11 is 1.19. The minimum Gasteiger partial charge on any atom is -0.460 e. The van der Waals surface area contributed by atoms with Gasteiger partial charge in [-0.25, -0.2) is 14.2 Å². The number of fused-ring (bicyclic) bond motifs is 3. The van der Waals surface area contributed by atoms with E-state index in [1.807, 2.05) is 20.8 Å². The molecule has 2 amide bonds. The Hall–Kier alpha value is -2.85. The van der Waals surface area contributed by atoms with Gasteiger partial charge in [0.25, 0.3) is 5.91 Å². The van der Waals surface area contributed by atoms with Gasteiger partial charge in [0, 0.05) is 37.2 Å². The lowest BCUT2D eigenvalue weighted by Crippen LogP contribution is -2.44. The molecular formula is C28H38FN3O5S. The zero-order valence-electron chi connectivity index (χ0n) is 22.4. The van der Waals surface area contributed by atoms with Crippen LogP contribution in [0.2, 0.25) is 0 Å². The van der Waals surface area contributed by atoms with Crippen LogP contribution in [0.4, 0.5) is 4.39 Å². The summed E-state index contributed by atoms with van der Waals surface area (Å²) in [6, 6.07) is -0.721. The van der Waals surface area contributed by atoms with Crippen molar-refractivity contribution >= 4 is 29.1 Å². The van der Waals surface area contributed by atoms with E-state index in [0.717, 1.165) is 5.57 Å². The third-order valence-corrected chi connectivity index (χ3v) is 7.53. The molecule has 1 aromatic heterocycles. The molecule has 0 aromatic carbocycles. The highest BCUT2D eigenvalue weighted by Crippen LogP contribution is 2.26. The Morgan fingerprint density at radius 3 is 2.76 bits per heavy atom. The van der Waals surface area contributed by atoms with Gasteiger partial charge in [-0.3, -0.25) is 9.59 Å². The summed E-state index contributed by atoms with van der Waals surface area (Å²) in [6.07, 6.45) is 6.43. The Morgan fingerprint density at radius 2 is 2.03 bits per heavy atom. The SMILES string of the molecule is CC1=CC(O)CC(F)Cc2nc(cs2)C(=O)N2CCCC2C(=O)OC(C(C)C)C(C)/C=C/C(=O)NCC=C1. The molecule has 10 heteroatoms. The third kappa shape index (κ3) is 8.33. The number of alkyl halides is 1. The number of aliphatic hydroxyl groups excluding tert-OH is 1. The van der Waals surface area contributed by atoms with E-state index in [4.69, 9.17) is 4.74 Å². The van der Waals surface area contributed by atoms with E-state index in [2.05, 4.69) is 10.3 Å². The summed E-state index contributed by atoms with van der Waals surface area (Å²) in [5, 5.41) is 15.1. The Morgan fingerprint density at radius 1 is 1.26 bits per heavy atom. The molecule has 3 rings (SSSR count). The summed E-state index contributed by atoms with van der Waals surface area (Å²) in [5.74, 6) is -1.38. The second-order valence-corrected chi connectivity index (χ2v) is 11.3. The molecule has 0 saturated carbocycles. The van der Waals surface area contributed by atoms with Crippen LogP contribution >= 0.6 is 11.3 Å². The molecule has 5 atom stereocenters. The number of amides is 2. The number of halogens is 1. The van der Waals surface area contributed by atoms with Crippen LogP contribution < -0.4 is 5.32 Å². The van der Waals surface area contributed by atoms with Crippen molar-refractivity contribution in [3.63, 3.8) is 0 Å². The van der Waals surface area contributed by atoms with Crippen LogP contribution in [0.1, 0.15) is 62.5 Å². The van der Waals surface area contributed by atoms with E-state index in [-0.39, 0.29) is 48.7 Å². The van der Waals surface area contributed by atoms with Crippen molar-refractivity contribution in [1.29, 1.82) is 0 Å². The maximum atomic E-state index is 14.7.